The van der Waals surface area contributed by atoms with Crippen molar-refractivity contribution in [1.82, 2.24) is 9.80 Å². The number of hydrogen-bond acceptors (Lipinski definition) is 4. The first-order chi connectivity index (χ1) is 8.48. The Bertz CT molecular complexity index is 233. The molecule has 108 valence electrons. The Kier molecular flexibility index (Phi) is 6.57. The number of nitrogens with zero attached hydrogens (tertiary/aromatic N) is 2. The molecule has 0 amide bonds. The third kappa shape index (κ3) is 5.22. The van der Waals surface area contributed by atoms with Gasteiger partial charge in [0, 0.05) is 31.2 Å². The number of unbranched alkanes of at least 4 members (excludes halogenated alkanes) is 1. The zero-order chi connectivity index (χ0) is 13.6. The van der Waals surface area contributed by atoms with E-state index >= 15 is 0 Å². The third-order valence-corrected chi connectivity index (χ3v) is 4.17. The summed E-state index contributed by atoms with van der Waals surface area (Å²) < 4.78 is 0. The van der Waals surface area contributed by atoms with E-state index in [0.29, 0.717) is 0 Å². The number of aliphatic hydroxyl groups excluding tert-OH is 1. The van der Waals surface area contributed by atoms with Crippen LogP contribution in [0.2, 0.25) is 0 Å². The van der Waals surface area contributed by atoms with Crippen molar-refractivity contribution < 1.29 is 5.11 Å². The maximum atomic E-state index is 9.10. The molecule has 0 aromatic carbocycles. The van der Waals surface area contributed by atoms with Crippen LogP contribution in [-0.4, -0.2) is 66.3 Å². The second-order valence-corrected chi connectivity index (χ2v) is 6.11. The molecule has 1 rings (SSSR count). The van der Waals surface area contributed by atoms with Gasteiger partial charge in [0.15, 0.2) is 0 Å². The summed E-state index contributed by atoms with van der Waals surface area (Å²) in [5.41, 5.74) is 5.53. The van der Waals surface area contributed by atoms with Crippen molar-refractivity contribution in [1.29, 1.82) is 0 Å². The molecule has 2 unspecified atom stereocenters. The van der Waals surface area contributed by atoms with E-state index in [9.17, 15) is 0 Å². The number of nitrogens with two attached hydrogens (primary N) is 1. The van der Waals surface area contributed by atoms with Gasteiger partial charge < -0.3 is 20.6 Å². The maximum Gasteiger partial charge on any atom is 0.0608 e. The van der Waals surface area contributed by atoms with Crippen LogP contribution in [-0.2, 0) is 0 Å². The van der Waals surface area contributed by atoms with E-state index in [1.807, 2.05) is 6.92 Å². The van der Waals surface area contributed by atoms with Gasteiger partial charge >= 0.3 is 0 Å². The van der Waals surface area contributed by atoms with Crippen LogP contribution < -0.4 is 5.73 Å². The van der Waals surface area contributed by atoms with E-state index in [1.165, 1.54) is 39.0 Å². The van der Waals surface area contributed by atoms with Crippen molar-refractivity contribution in [3.05, 3.63) is 0 Å². The van der Waals surface area contributed by atoms with Crippen molar-refractivity contribution in [3.8, 4) is 0 Å². The van der Waals surface area contributed by atoms with Gasteiger partial charge in [-0.2, -0.15) is 0 Å². The van der Waals surface area contributed by atoms with Gasteiger partial charge in [0.05, 0.1) is 6.61 Å². The third-order valence-electron chi connectivity index (χ3n) is 4.17. The summed E-state index contributed by atoms with van der Waals surface area (Å²) in [5, 5.41) is 9.10. The molecule has 3 N–H and O–H groups in total. The van der Waals surface area contributed by atoms with Gasteiger partial charge in [-0.15, -0.1) is 0 Å². The van der Waals surface area contributed by atoms with E-state index in [-0.39, 0.29) is 6.61 Å². The topological polar surface area (TPSA) is 52.7 Å². The summed E-state index contributed by atoms with van der Waals surface area (Å²) in [6.45, 7) is 9.02. The van der Waals surface area contributed by atoms with Crippen LogP contribution in [0.3, 0.4) is 0 Å². The highest BCUT2D eigenvalue weighted by Crippen LogP contribution is 2.13. The van der Waals surface area contributed by atoms with Gasteiger partial charge in [-0.05, 0) is 39.8 Å². The zero-order valence-corrected chi connectivity index (χ0v) is 12.4. The molecule has 1 fully saturated rings. The van der Waals surface area contributed by atoms with E-state index in [4.69, 9.17) is 10.8 Å². The second kappa shape index (κ2) is 7.43. The number of piperazine rings is 1. The fourth-order valence-corrected chi connectivity index (χ4v) is 2.60. The van der Waals surface area contributed by atoms with E-state index in [1.54, 1.807) is 0 Å². The fraction of sp³-hybridized carbons (Fsp3) is 1.00. The van der Waals surface area contributed by atoms with Gasteiger partial charge in [-0.1, -0.05) is 13.3 Å². The van der Waals surface area contributed by atoms with E-state index in [0.717, 1.165) is 18.9 Å². The Morgan fingerprint density at radius 3 is 2.67 bits per heavy atom. The minimum absolute atomic E-state index is 0.0828. The molecule has 0 aromatic heterocycles. The Morgan fingerprint density at radius 2 is 2.06 bits per heavy atom. The molecule has 4 nitrogen and oxygen atoms in total. The molecule has 0 spiro atoms. The quantitative estimate of drug-likeness (QED) is 0.665. The smallest absolute Gasteiger partial charge is 0.0608 e. The predicted molar refractivity (Wildman–Crippen MR) is 76.7 cm³/mol. The monoisotopic (exact) mass is 257 g/mol. The zero-order valence-electron chi connectivity index (χ0n) is 12.4. The van der Waals surface area contributed by atoms with Crippen LogP contribution in [0.15, 0.2) is 0 Å². The number of hydrogen-bond donors (Lipinski definition) is 2. The Morgan fingerprint density at radius 1 is 1.33 bits per heavy atom. The first-order valence-electron chi connectivity index (χ1n) is 7.31. The highest BCUT2D eigenvalue weighted by atomic mass is 16.3. The highest BCUT2D eigenvalue weighted by Gasteiger charge is 2.22. The second-order valence-electron chi connectivity index (χ2n) is 6.11. The molecule has 1 saturated heterocycles. The standard InChI is InChI=1S/C14H31N3O/c1-4-13-11-17(10-9-16(13)3)8-6-5-7-14(2,15)12-18/h13,18H,4-12,15H2,1-3H3. The normalized spacial score (nSPS) is 26.2. The summed E-state index contributed by atoms with van der Waals surface area (Å²) >= 11 is 0. The molecule has 0 radical (unpaired) electrons. The predicted octanol–water partition coefficient (Wildman–Crippen LogP) is 0.892. The van der Waals surface area contributed by atoms with Gasteiger partial charge in [-0.3, -0.25) is 0 Å². The Balaban J connectivity index is 2.16. The Hall–Kier alpha value is -0.160. The maximum absolute atomic E-state index is 9.10. The summed E-state index contributed by atoms with van der Waals surface area (Å²) in [7, 11) is 2.23. The summed E-state index contributed by atoms with van der Waals surface area (Å²) in [4.78, 5) is 5.04. The van der Waals surface area contributed by atoms with Crippen molar-refractivity contribution in [2.45, 2.75) is 51.1 Å². The summed E-state index contributed by atoms with van der Waals surface area (Å²) in [6.07, 6.45) is 4.44. The van der Waals surface area contributed by atoms with Gasteiger partial charge in [0.25, 0.3) is 0 Å². The number of aliphatic hydroxyl groups is 1. The first-order valence-corrected chi connectivity index (χ1v) is 7.31. The Labute approximate surface area is 112 Å². The molecular formula is C14H31N3O. The molecule has 1 aliphatic rings. The molecule has 1 heterocycles. The van der Waals surface area contributed by atoms with Crippen LogP contribution in [0.5, 0.6) is 0 Å². The summed E-state index contributed by atoms with van der Waals surface area (Å²) in [5.74, 6) is 0. The van der Waals surface area contributed by atoms with E-state index < -0.39 is 5.54 Å². The van der Waals surface area contributed by atoms with Crippen molar-refractivity contribution in [2.24, 2.45) is 5.73 Å². The lowest BCUT2D eigenvalue weighted by Crippen LogP contribution is -2.51. The molecule has 0 aliphatic carbocycles. The number of rotatable bonds is 7. The van der Waals surface area contributed by atoms with Crippen molar-refractivity contribution in [3.63, 3.8) is 0 Å². The molecular weight excluding hydrogens is 226 g/mol. The average molecular weight is 257 g/mol. The average Bonchev–Trinajstić information content (AvgIpc) is 2.36. The minimum atomic E-state index is -0.395. The van der Waals surface area contributed by atoms with Crippen LogP contribution in [0.1, 0.15) is 39.5 Å². The van der Waals surface area contributed by atoms with Gasteiger partial charge in [0.2, 0.25) is 0 Å². The number of likely N-dealkylation sites (N-methyl/N-ethyl adjacent to an activating group) is 1. The lowest BCUT2D eigenvalue weighted by Gasteiger charge is -2.39. The molecule has 18 heavy (non-hydrogen) atoms. The molecule has 1 aliphatic heterocycles. The molecule has 2 atom stereocenters. The molecule has 0 saturated carbocycles. The first kappa shape index (κ1) is 15.9. The SMILES string of the molecule is CCC1CN(CCCCC(C)(N)CO)CCN1C. The van der Waals surface area contributed by atoms with Crippen LogP contribution >= 0.6 is 0 Å². The molecule has 4 heteroatoms. The minimum Gasteiger partial charge on any atom is -0.394 e. The summed E-state index contributed by atoms with van der Waals surface area (Å²) in [6, 6.07) is 0.718. The molecule has 0 bridgehead atoms. The van der Waals surface area contributed by atoms with Crippen LogP contribution in [0, 0.1) is 0 Å². The van der Waals surface area contributed by atoms with Crippen LogP contribution in [0.25, 0.3) is 0 Å². The van der Waals surface area contributed by atoms with E-state index in [2.05, 4.69) is 23.8 Å². The molecule has 0 aromatic rings. The van der Waals surface area contributed by atoms with Crippen molar-refractivity contribution in [2.75, 3.05) is 39.8 Å². The largest absolute Gasteiger partial charge is 0.394 e. The van der Waals surface area contributed by atoms with Gasteiger partial charge in [0.1, 0.15) is 0 Å². The lowest BCUT2D eigenvalue weighted by molar-refractivity contribution is 0.0911. The van der Waals surface area contributed by atoms with Gasteiger partial charge in [-0.25, -0.2) is 0 Å². The lowest BCUT2D eigenvalue weighted by atomic mass is 9.97. The fourth-order valence-electron chi connectivity index (χ4n) is 2.60. The highest BCUT2D eigenvalue weighted by molar-refractivity contribution is 4.80. The van der Waals surface area contributed by atoms with Crippen molar-refractivity contribution >= 4 is 0 Å². The van der Waals surface area contributed by atoms with Crippen LogP contribution in [0.4, 0.5) is 0 Å².